The first-order valence-corrected chi connectivity index (χ1v) is 14.7. The topological polar surface area (TPSA) is 105 Å². The average Bonchev–Trinajstić information content (AvgIpc) is 3.00. The van der Waals surface area contributed by atoms with Gasteiger partial charge in [0.15, 0.2) is 0 Å². The number of carbonyl (C=O) groups is 1. The Labute approximate surface area is 242 Å². The van der Waals surface area contributed by atoms with Crippen molar-refractivity contribution in [1.29, 1.82) is 0 Å². The van der Waals surface area contributed by atoms with Gasteiger partial charge in [-0.25, -0.2) is 18.1 Å². The highest BCUT2D eigenvalue weighted by Gasteiger charge is 2.34. The molecule has 0 saturated carbocycles. The Morgan fingerprint density at radius 1 is 1.02 bits per heavy atom. The van der Waals surface area contributed by atoms with Crippen molar-refractivity contribution in [3.63, 3.8) is 0 Å². The summed E-state index contributed by atoms with van der Waals surface area (Å²) in [6.45, 7) is 9.88. The van der Waals surface area contributed by atoms with E-state index in [0.717, 1.165) is 23.1 Å². The fourth-order valence-corrected chi connectivity index (χ4v) is 6.55. The van der Waals surface area contributed by atoms with E-state index >= 15 is 0 Å². The maximum atomic E-state index is 13.9. The Morgan fingerprint density at radius 2 is 1.73 bits per heavy atom. The van der Waals surface area contributed by atoms with Crippen LogP contribution in [0.15, 0.2) is 53.4 Å². The monoisotopic (exact) mass is 585 g/mol. The van der Waals surface area contributed by atoms with Gasteiger partial charge in [0.05, 0.1) is 17.1 Å². The molecule has 1 fully saturated rings. The summed E-state index contributed by atoms with van der Waals surface area (Å²) in [5.41, 5.74) is 3.77. The normalized spacial score (nSPS) is 20.6. The summed E-state index contributed by atoms with van der Waals surface area (Å²) in [7, 11) is -2.05. The van der Waals surface area contributed by atoms with Crippen LogP contribution in [0.4, 0.5) is 5.95 Å². The van der Waals surface area contributed by atoms with Crippen molar-refractivity contribution >= 4 is 34.3 Å². The van der Waals surface area contributed by atoms with E-state index in [4.69, 9.17) is 4.74 Å². The lowest BCUT2D eigenvalue weighted by Gasteiger charge is -2.33. The number of nitrogens with one attached hydrogen (secondary N) is 1. The number of aryl methyl sites for hydroxylation is 2. The second kappa shape index (κ2) is 11.7. The number of ether oxygens (including phenoxy) is 1. The molecule has 2 aromatic carbocycles. The molecule has 0 aliphatic carbocycles. The van der Waals surface area contributed by atoms with Crippen LogP contribution in [-0.2, 0) is 10.0 Å². The molecule has 11 heteroatoms. The van der Waals surface area contributed by atoms with Gasteiger partial charge in [-0.2, -0.15) is 4.98 Å². The number of carbonyl (C=O) groups excluding carboxylic acids is 1. The fourth-order valence-electron chi connectivity index (χ4n) is 5.57. The van der Waals surface area contributed by atoms with Crippen LogP contribution in [0.1, 0.15) is 41.8 Å². The molecular formula is C29H36ClN5O4S. The fraction of sp³-hybridized carbons (Fsp3) is 0.414. The van der Waals surface area contributed by atoms with Crippen LogP contribution < -0.4 is 9.46 Å². The smallest absolute Gasteiger partial charge is 0.264 e. The van der Waals surface area contributed by atoms with Gasteiger partial charge >= 0.3 is 0 Å². The minimum absolute atomic E-state index is 0. The Balaban J connectivity index is 0.00000370. The predicted octanol–water partition coefficient (Wildman–Crippen LogP) is 4.55. The molecule has 3 aromatic rings. The zero-order valence-electron chi connectivity index (χ0n) is 23.4. The summed E-state index contributed by atoms with van der Waals surface area (Å²) in [5.74, 6) is 0.324. The molecule has 1 N–H and O–H groups in total. The molecule has 0 radical (unpaired) electrons. The number of benzene rings is 2. The van der Waals surface area contributed by atoms with Gasteiger partial charge in [0.1, 0.15) is 6.10 Å². The highest BCUT2D eigenvalue weighted by atomic mass is 35.5. The van der Waals surface area contributed by atoms with E-state index in [-0.39, 0.29) is 47.2 Å². The summed E-state index contributed by atoms with van der Waals surface area (Å²) in [6.07, 6.45) is 0.432. The minimum atomic E-state index is -4.08. The average molecular weight is 586 g/mol. The number of sulfonamides is 1. The highest BCUT2D eigenvalue weighted by Crippen LogP contribution is 2.31. The molecule has 1 amide bonds. The van der Waals surface area contributed by atoms with Crippen LogP contribution in [0, 0.1) is 19.8 Å². The number of rotatable bonds is 3. The molecule has 1 saturated heterocycles. The lowest BCUT2D eigenvalue weighted by molar-refractivity contribution is 0.0584. The van der Waals surface area contributed by atoms with E-state index in [1.807, 2.05) is 44.0 Å². The number of hydrogen-bond donors (Lipinski definition) is 1. The standard InChI is InChI=1S/C29H35N5O4S.ClH/c1-18(2)12-22-15-33(5)16-23-17-34(22)28(35)21-10-7-11-24(13-21)39(36,37)32-29-30-25(14-26(31-29)38-23)27-19(3)8-6-9-20(27)4;/h6-11,13-14,18,22-23H,12,15-17H2,1-5H3,(H,30,31,32);1H/t22-,23-;/m1./s1. The van der Waals surface area contributed by atoms with Gasteiger partial charge in [0, 0.05) is 36.3 Å². The number of nitrogens with zero attached hydrogens (tertiary/aromatic N) is 4. The predicted molar refractivity (Wildman–Crippen MR) is 158 cm³/mol. The third-order valence-electron chi connectivity index (χ3n) is 7.23. The second-order valence-corrected chi connectivity index (χ2v) is 12.7. The molecule has 2 atom stereocenters. The Kier molecular flexibility index (Phi) is 8.72. The number of aromatic nitrogens is 2. The first-order chi connectivity index (χ1) is 18.5. The van der Waals surface area contributed by atoms with Gasteiger partial charge in [-0.05, 0) is 62.6 Å². The summed E-state index contributed by atoms with van der Waals surface area (Å²) in [4.78, 5) is 26.9. The number of amides is 1. The number of hydrogen-bond acceptors (Lipinski definition) is 7. The van der Waals surface area contributed by atoms with Crippen molar-refractivity contribution in [3.8, 4) is 17.1 Å². The van der Waals surface area contributed by atoms with Crippen molar-refractivity contribution in [3.05, 3.63) is 65.2 Å². The van der Waals surface area contributed by atoms with E-state index in [1.54, 1.807) is 18.2 Å². The number of likely N-dealkylation sites (N-methyl/N-ethyl adjacent to an activating group) is 1. The van der Waals surface area contributed by atoms with Gasteiger partial charge in [-0.3, -0.25) is 4.79 Å². The van der Waals surface area contributed by atoms with Crippen LogP contribution in [0.25, 0.3) is 11.3 Å². The van der Waals surface area contributed by atoms with E-state index in [0.29, 0.717) is 36.8 Å². The summed E-state index contributed by atoms with van der Waals surface area (Å²) >= 11 is 0. The number of fused-ring (bicyclic) bond motifs is 6. The van der Waals surface area contributed by atoms with E-state index in [9.17, 15) is 13.2 Å². The van der Waals surface area contributed by atoms with Gasteiger partial charge in [0.2, 0.25) is 11.8 Å². The Bertz CT molecular complexity index is 1490. The molecule has 0 unspecified atom stereocenters. The number of halogens is 1. The second-order valence-electron chi connectivity index (χ2n) is 11.0. The molecule has 6 bridgehead atoms. The largest absolute Gasteiger partial charge is 0.471 e. The molecule has 5 rings (SSSR count). The molecule has 2 aliphatic heterocycles. The zero-order valence-corrected chi connectivity index (χ0v) is 25.1. The van der Waals surface area contributed by atoms with Crippen molar-refractivity contribution in [2.75, 3.05) is 31.4 Å². The zero-order chi connectivity index (χ0) is 27.9. The Hall–Kier alpha value is -3.21. The summed E-state index contributed by atoms with van der Waals surface area (Å²) in [5, 5.41) is 0. The van der Waals surface area contributed by atoms with Crippen LogP contribution in [0.3, 0.4) is 0 Å². The van der Waals surface area contributed by atoms with Gasteiger partial charge in [0.25, 0.3) is 15.9 Å². The maximum Gasteiger partial charge on any atom is 0.264 e. The molecule has 3 heterocycles. The van der Waals surface area contributed by atoms with Crippen molar-refractivity contribution in [1.82, 2.24) is 19.8 Å². The lowest BCUT2D eigenvalue weighted by Crippen LogP contribution is -2.46. The number of anilines is 1. The van der Waals surface area contributed by atoms with Crippen LogP contribution in [0.2, 0.25) is 0 Å². The first kappa shape index (κ1) is 29.8. The molecule has 9 nitrogen and oxygen atoms in total. The van der Waals surface area contributed by atoms with Gasteiger partial charge < -0.3 is 14.5 Å². The van der Waals surface area contributed by atoms with E-state index in [2.05, 4.69) is 33.4 Å². The first-order valence-electron chi connectivity index (χ1n) is 13.2. The van der Waals surface area contributed by atoms with Crippen molar-refractivity contribution in [2.24, 2.45) is 5.92 Å². The quantitative estimate of drug-likeness (QED) is 0.481. The van der Waals surface area contributed by atoms with Crippen molar-refractivity contribution < 1.29 is 17.9 Å². The van der Waals surface area contributed by atoms with Crippen molar-refractivity contribution in [2.45, 2.75) is 51.2 Å². The Morgan fingerprint density at radius 3 is 2.42 bits per heavy atom. The van der Waals surface area contributed by atoms with Crippen LogP contribution in [0.5, 0.6) is 5.88 Å². The summed E-state index contributed by atoms with van der Waals surface area (Å²) < 4.78 is 35.8. The van der Waals surface area contributed by atoms with Gasteiger partial charge in [-0.15, -0.1) is 12.4 Å². The molecular weight excluding hydrogens is 550 g/mol. The SMILES string of the molecule is Cc1cccc(C)c1-c1cc2nc(n1)NS(=O)(=O)c1cccc(c1)C(=O)N1C[C@@H](CN(C)C[C@H]1CC(C)C)O2.Cl. The molecule has 0 spiro atoms. The van der Waals surface area contributed by atoms with Crippen LogP contribution in [-0.4, -0.2) is 72.9 Å². The lowest BCUT2D eigenvalue weighted by atomic mass is 10.00. The third-order valence-corrected chi connectivity index (χ3v) is 8.55. The third kappa shape index (κ3) is 6.24. The van der Waals surface area contributed by atoms with Crippen LogP contribution >= 0.6 is 12.4 Å². The van der Waals surface area contributed by atoms with E-state index in [1.165, 1.54) is 12.1 Å². The summed E-state index contributed by atoms with van der Waals surface area (Å²) in [6, 6.07) is 13.8. The van der Waals surface area contributed by atoms with Gasteiger partial charge in [-0.1, -0.05) is 38.1 Å². The molecule has 214 valence electrons. The highest BCUT2D eigenvalue weighted by molar-refractivity contribution is 7.92. The molecule has 2 aliphatic rings. The van der Waals surface area contributed by atoms with E-state index < -0.39 is 10.0 Å². The maximum absolute atomic E-state index is 13.9. The minimum Gasteiger partial charge on any atom is -0.471 e. The molecule has 1 aromatic heterocycles. The molecule has 40 heavy (non-hydrogen) atoms.